The first-order chi connectivity index (χ1) is 12.6. The Bertz CT molecular complexity index is 361. The van der Waals surface area contributed by atoms with Crippen molar-refractivity contribution in [3.8, 4) is 0 Å². The van der Waals surface area contributed by atoms with E-state index in [0.717, 1.165) is 18.9 Å². The van der Waals surface area contributed by atoms with Gasteiger partial charge in [-0.3, -0.25) is 4.79 Å². The highest BCUT2D eigenvalue weighted by Crippen LogP contribution is 2.09. The van der Waals surface area contributed by atoms with Crippen LogP contribution in [-0.2, 0) is 14.3 Å². The van der Waals surface area contributed by atoms with E-state index in [-0.39, 0.29) is 0 Å². The van der Waals surface area contributed by atoms with Gasteiger partial charge in [0.25, 0.3) is 0 Å². The molecule has 0 saturated heterocycles. The van der Waals surface area contributed by atoms with E-state index in [0.29, 0.717) is 6.42 Å². The van der Waals surface area contributed by atoms with Crippen LogP contribution in [0.5, 0.6) is 0 Å². The Morgan fingerprint density at radius 1 is 0.846 bits per heavy atom. The highest BCUT2D eigenvalue weighted by atomic mass is 16.5. The molecule has 0 atom stereocenters. The number of aliphatic carboxylic acids is 1. The first-order valence-corrected chi connectivity index (χ1v) is 10.2. The van der Waals surface area contributed by atoms with Crippen LogP contribution >= 0.6 is 0 Å². The maximum atomic E-state index is 10.3. The summed E-state index contributed by atoms with van der Waals surface area (Å²) in [6, 6.07) is 0. The largest absolute Gasteiger partial charge is 0.481 e. The van der Waals surface area contributed by atoms with E-state index in [9.17, 15) is 9.59 Å². The molecule has 0 spiro atoms. The molecule has 0 aliphatic heterocycles. The van der Waals surface area contributed by atoms with Crippen LogP contribution in [0.4, 0.5) is 0 Å². The lowest BCUT2D eigenvalue weighted by Crippen LogP contribution is -1.93. The van der Waals surface area contributed by atoms with Gasteiger partial charge in [-0.05, 0) is 32.1 Å². The molecule has 0 aliphatic carbocycles. The monoisotopic (exact) mass is 368 g/mol. The average Bonchev–Trinajstić information content (AvgIpc) is 2.64. The molecule has 0 heterocycles. The highest BCUT2D eigenvalue weighted by Gasteiger charge is 1.95. The van der Waals surface area contributed by atoms with E-state index in [1.807, 2.05) is 0 Å². The first kappa shape index (κ1) is 26.6. The van der Waals surface area contributed by atoms with Gasteiger partial charge in [-0.2, -0.15) is 0 Å². The van der Waals surface area contributed by atoms with Crippen molar-refractivity contribution < 1.29 is 19.4 Å². The van der Waals surface area contributed by atoms with Crippen LogP contribution in [0.2, 0.25) is 0 Å². The zero-order valence-corrected chi connectivity index (χ0v) is 17.0. The SMILES string of the molecule is C=CC(=O)OC.CCCCCCCC/C=C\CCCCCCCC(=O)O. The summed E-state index contributed by atoms with van der Waals surface area (Å²) < 4.78 is 4.14. The third-order valence-corrected chi connectivity index (χ3v) is 4.02. The molecule has 0 aromatic carbocycles. The van der Waals surface area contributed by atoms with Gasteiger partial charge >= 0.3 is 11.9 Å². The maximum absolute atomic E-state index is 10.3. The molecule has 0 aromatic rings. The summed E-state index contributed by atoms with van der Waals surface area (Å²) in [5, 5.41) is 8.51. The van der Waals surface area contributed by atoms with Crippen LogP contribution in [0, 0.1) is 0 Å². The third-order valence-electron chi connectivity index (χ3n) is 4.02. The standard InChI is InChI=1S/C18H34O2.C4H6O2/c1-2-3-4-5-6-7-8-9-10-11-12-13-14-15-16-17-18(19)20;1-3-4(5)6-2/h9-10H,2-8,11-17H2,1H3,(H,19,20);3H,1H2,2H3/b10-9-;. The lowest BCUT2D eigenvalue weighted by Gasteiger charge is -1.99. The second-order valence-corrected chi connectivity index (χ2v) is 6.46. The number of methoxy groups -OCH3 is 1. The average molecular weight is 369 g/mol. The van der Waals surface area contributed by atoms with Crippen molar-refractivity contribution in [3.05, 3.63) is 24.8 Å². The molecule has 4 nitrogen and oxygen atoms in total. The van der Waals surface area contributed by atoms with Gasteiger partial charge in [-0.25, -0.2) is 4.79 Å². The molecular formula is C22H40O4. The Morgan fingerprint density at radius 2 is 1.31 bits per heavy atom. The van der Waals surface area contributed by atoms with Gasteiger partial charge in [0.2, 0.25) is 0 Å². The molecule has 0 unspecified atom stereocenters. The summed E-state index contributed by atoms with van der Waals surface area (Å²) in [4.78, 5) is 20.2. The number of hydrogen-bond donors (Lipinski definition) is 1. The summed E-state index contributed by atoms with van der Waals surface area (Å²) in [5.74, 6) is -1.06. The van der Waals surface area contributed by atoms with Gasteiger partial charge < -0.3 is 9.84 Å². The second-order valence-electron chi connectivity index (χ2n) is 6.46. The van der Waals surface area contributed by atoms with Crippen molar-refractivity contribution >= 4 is 11.9 Å². The molecule has 0 fully saturated rings. The topological polar surface area (TPSA) is 63.6 Å². The number of unbranched alkanes of at least 4 members (excludes halogenated alkanes) is 11. The van der Waals surface area contributed by atoms with Crippen molar-refractivity contribution in [2.45, 2.75) is 96.8 Å². The van der Waals surface area contributed by atoms with Gasteiger partial charge in [-0.1, -0.05) is 77.0 Å². The number of carbonyl (C=O) groups excluding carboxylic acids is 1. The molecule has 0 aromatic heterocycles. The molecule has 0 rings (SSSR count). The van der Waals surface area contributed by atoms with Crippen LogP contribution < -0.4 is 0 Å². The maximum Gasteiger partial charge on any atom is 0.329 e. The molecule has 0 amide bonds. The Balaban J connectivity index is 0. The lowest BCUT2D eigenvalue weighted by molar-refractivity contribution is -0.137. The predicted molar refractivity (Wildman–Crippen MR) is 109 cm³/mol. The number of esters is 1. The summed E-state index contributed by atoms with van der Waals surface area (Å²) in [6.07, 6.45) is 22.4. The number of carboxylic acids is 1. The molecule has 4 heteroatoms. The van der Waals surface area contributed by atoms with E-state index in [2.05, 4.69) is 30.4 Å². The fourth-order valence-corrected chi connectivity index (χ4v) is 2.43. The fourth-order valence-electron chi connectivity index (χ4n) is 2.43. The molecular weight excluding hydrogens is 328 g/mol. The lowest BCUT2D eigenvalue weighted by atomic mass is 10.1. The van der Waals surface area contributed by atoms with Crippen LogP contribution in [-0.4, -0.2) is 24.2 Å². The normalized spacial score (nSPS) is 10.2. The van der Waals surface area contributed by atoms with Crippen LogP contribution in [0.1, 0.15) is 96.8 Å². The van der Waals surface area contributed by atoms with E-state index >= 15 is 0 Å². The number of allylic oxidation sites excluding steroid dienone is 2. The minimum absolute atomic E-state index is 0.332. The Kier molecular flexibility index (Phi) is 24.0. The van der Waals surface area contributed by atoms with Gasteiger partial charge in [0, 0.05) is 12.5 Å². The molecule has 0 saturated carbocycles. The van der Waals surface area contributed by atoms with E-state index in [4.69, 9.17) is 5.11 Å². The smallest absolute Gasteiger partial charge is 0.329 e. The van der Waals surface area contributed by atoms with E-state index in [1.54, 1.807) is 0 Å². The number of hydrogen-bond acceptors (Lipinski definition) is 3. The highest BCUT2D eigenvalue weighted by molar-refractivity contribution is 5.80. The van der Waals surface area contributed by atoms with Crippen molar-refractivity contribution in [2.75, 3.05) is 7.11 Å². The van der Waals surface area contributed by atoms with Gasteiger partial charge in [0.15, 0.2) is 0 Å². The van der Waals surface area contributed by atoms with Crippen molar-refractivity contribution in [1.29, 1.82) is 0 Å². The number of ether oxygens (including phenoxy) is 1. The number of carbonyl (C=O) groups is 2. The Morgan fingerprint density at radius 3 is 1.69 bits per heavy atom. The van der Waals surface area contributed by atoms with E-state index < -0.39 is 11.9 Å². The Hall–Kier alpha value is -1.58. The summed E-state index contributed by atoms with van der Waals surface area (Å²) in [6.45, 7) is 5.42. The van der Waals surface area contributed by atoms with Crippen LogP contribution in [0.15, 0.2) is 24.8 Å². The quantitative estimate of drug-likeness (QED) is 0.147. The third kappa shape index (κ3) is 27.3. The summed E-state index contributed by atoms with van der Waals surface area (Å²) in [7, 11) is 1.31. The minimum Gasteiger partial charge on any atom is -0.481 e. The second kappa shape index (κ2) is 23.4. The number of rotatable bonds is 16. The van der Waals surface area contributed by atoms with Gasteiger partial charge in [0.05, 0.1) is 7.11 Å². The molecule has 152 valence electrons. The zero-order chi connectivity index (χ0) is 19.9. The van der Waals surface area contributed by atoms with Gasteiger partial charge in [-0.15, -0.1) is 0 Å². The first-order valence-electron chi connectivity index (χ1n) is 10.2. The molecule has 26 heavy (non-hydrogen) atoms. The molecule has 0 aliphatic rings. The van der Waals surface area contributed by atoms with Crippen molar-refractivity contribution in [2.24, 2.45) is 0 Å². The molecule has 0 bridgehead atoms. The number of carboxylic acid groups (broad SMARTS) is 1. The predicted octanol–water partition coefficient (Wildman–Crippen LogP) is 6.45. The Labute approximate surface area is 160 Å². The minimum atomic E-state index is -0.664. The molecule has 0 radical (unpaired) electrons. The summed E-state index contributed by atoms with van der Waals surface area (Å²) in [5.41, 5.74) is 0. The van der Waals surface area contributed by atoms with Crippen LogP contribution in [0.3, 0.4) is 0 Å². The van der Waals surface area contributed by atoms with Crippen molar-refractivity contribution in [3.63, 3.8) is 0 Å². The fraction of sp³-hybridized carbons (Fsp3) is 0.727. The van der Waals surface area contributed by atoms with Crippen molar-refractivity contribution in [1.82, 2.24) is 0 Å². The summed E-state index contributed by atoms with van der Waals surface area (Å²) >= 11 is 0. The zero-order valence-electron chi connectivity index (χ0n) is 17.0. The molecule has 1 N–H and O–H groups in total. The van der Waals surface area contributed by atoms with Gasteiger partial charge in [0.1, 0.15) is 0 Å². The van der Waals surface area contributed by atoms with Crippen LogP contribution in [0.25, 0.3) is 0 Å². The van der Waals surface area contributed by atoms with E-state index in [1.165, 1.54) is 77.7 Å².